The van der Waals surface area contributed by atoms with Gasteiger partial charge in [0.25, 0.3) is 0 Å². The number of aliphatic hydroxyl groups excluding tert-OH is 1. The molecule has 0 fully saturated rings. The average Bonchev–Trinajstić information content (AvgIpc) is 2.68. The van der Waals surface area contributed by atoms with E-state index in [2.05, 4.69) is 31.9 Å². The minimum absolute atomic E-state index is 0.505. The van der Waals surface area contributed by atoms with Gasteiger partial charge in [-0.15, -0.1) is 11.3 Å². The highest BCUT2D eigenvalue weighted by Crippen LogP contribution is 2.30. The summed E-state index contributed by atoms with van der Waals surface area (Å²) in [6.07, 6.45) is 0.110. The standard InChI is InChI=1S/C12H9Br2ClOS/c13-9-5-7(1-3-10(9)15)11(16)6-8-2-4-12(14)17-8/h1-5,11,16H,6H2. The maximum absolute atomic E-state index is 10.1. The predicted octanol–water partition coefficient (Wildman–Crippen LogP) is 5.20. The van der Waals surface area contributed by atoms with Crippen molar-refractivity contribution < 1.29 is 5.11 Å². The lowest BCUT2D eigenvalue weighted by Gasteiger charge is -2.10. The van der Waals surface area contributed by atoms with Gasteiger partial charge >= 0.3 is 0 Å². The van der Waals surface area contributed by atoms with E-state index in [1.54, 1.807) is 17.4 Å². The second kappa shape index (κ2) is 5.85. The molecule has 0 aliphatic rings. The largest absolute Gasteiger partial charge is 0.388 e. The third kappa shape index (κ3) is 3.55. The van der Waals surface area contributed by atoms with Crippen molar-refractivity contribution in [3.05, 3.63) is 54.1 Å². The Bertz CT molecular complexity index is 527. The molecule has 1 unspecified atom stereocenters. The molecule has 90 valence electrons. The first kappa shape index (κ1) is 13.6. The molecule has 0 radical (unpaired) electrons. The number of hydrogen-bond acceptors (Lipinski definition) is 2. The molecular formula is C12H9Br2ClOS. The molecule has 0 saturated heterocycles. The van der Waals surface area contributed by atoms with Gasteiger partial charge in [0.05, 0.1) is 14.9 Å². The zero-order valence-electron chi connectivity index (χ0n) is 8.66. The molecule has 1 N–H and O–H groups in total. The summed E-state index contributed by atoms with van der Waals surface area (Å²) in [7, 11) is 0. The van der Waals surface area contributed by atoms with Gasteiger partial charge in [-0.05, 0) is 61.7 Å². The van der Waals surface area contributed by atoms with Crippen LogP contribution in [0.2, 0.25) is 5.02 Å². The van der Waals surface area contributed by atoms with Gasteiger partial charge in [-0.1, -0.05) is 17.7 Å². The van der Waals surface area contributed by atoms with Gasteiger partial charge in [0, 0.05) is 15.8 Å². The molecule has 2 aromatic rings. The van der Waals surface area contributed by atoms with Crippen LogP contribution in [0.3, 0.4) is 0 Å². The SMILES string of the molecule is OC(Cc1ccc(Br)s1)c1ccc(Cl)c(Br)c1. The van der Waals surface area contributed by atoms with Crippen molar-refractivity contribution in [1.29, 1.82) is 0 Å². The van der Waals surface area contributed by atoms with Crippen LogP contribution in [0, 0.1) is 0 Å². The summed E-state index contributed by atoms with van der Waals surface area (Å²) in [4.78, 5) is 1.15. The second-order valence-corrected chi connectivity index (χ2v) is 7.41. The molecule has 0 aliphatic heterocycles. The Labute approximate surface area is 126 Å². The summed E-state index contributed by atoms with van der Waals surface area (Å²) < 4.78 is 1.89. The lowest BCUT2D eigenvalue weighted by molar-refractivity contribution is 0.179. The minimum Gasteiger partial charge on any atom is -0.388 e. The van der Waals surface area contributed by atoms with Crippen molar-refractivity contribution in [2.45, 2.75) is 12.5 Å². The van der Waals surface area contributed by atoms with Gasteiger partial charge in [0.1, 0.15) is 0 Å². The van der Waals surface area contributed by atoms with E-state index in [1.807, 2.05) is 24.3 Å². The summed E-state index contributed by atoms with van der Waals surface area (Å²) in [5.74, 6) is 0. The van der Waals surface area contributed by atoms with Gasteiger partial charge in [0.2, 0.25) is 0 Å². The Morgan fingerprint density at radius 3 is 2.59 bits per heavy atom. The van der Waals surface area contributed by atoms with Gasteiger partial charge in [-0.2, -0.15) is 0 Å². The summed E-state index contributed by atoms with van der Waals surface area (Å²) in [6, 6.07) is 9.50. The van der Waals surface area contributed by atoms with Crippen LogP contribution in [-0.4, -0.2) is 5.11 Å². The molecule has 1 heterocycles. The third-order valence-electron chi connectivity index (χ3n) is 2.35. The first-order chi connectivity index (χ1) is 8.06. The number of benzene rings is 1. The summed E-state index contributed by atoms with van der Waals surface area (Å²) in [5, 5.41) is 10.8. The maximum Gasteiger partial charge on any atom is 0.0838 e. The predicted molar refractivity (Wildman–Crippen MR) is 79.8 cm³/mol. The van der Waals surface area contributed by atoms with Crippen molar-refractivity contribution in [1.82, 2.24) is 0 Å². The van der Waals surface area contributed by atoms with Gasteiger partial charge in [-0.25, -0.2) is 0 Å². The maximum atomic E-state index is 10.1. The molecule has 0 spiro atoms. The number of halogens is 3. The fourth-order valence-corrected chi connectivity index (χ4v) is 3.52. The van der Waals surface area contributed by atoms with Crippen LogP contribution in [0.5, 0.6) is 0 Å². The minimum atomic E-state index is -0.505. The fraction of sp³-hybridized carbons (Fsp3) is 0.167. The van der Waals surface area contributed by atoms with Crippen LogP contribution in [0.1, 0.15) is 16.5 Å². The highest BCUT2D eigenvalue weighted by molar-refractivity contribution is 9.11. The molecule has 17 heavy (non-hydrogen) atoms. The van der Waals surface area contributed by atoms with Crippen LogP contribution >= 0.6 is 54.8 Å². The topological polar surface area (TPSA) is 20.2 Å². The second-order valence-electron chi connectivity index (χ2n) is 3.60. The normalized spacial score (nSPS) is 12.7. The Balaban J connectivity index is 2.14. The Morgan fingerprint density at radius 2 is 2.00 bits per heavy atom. The van der Waals surface area contributed by atoms with E-state index in [9.17, 15) is 5.11 Å². The monoisotopic (exact) mass is 394 g/mol. The molecule has 5 heteroatoms. The Kier molecular flexibility index (Phi) is 4.66. The summed E-state index contributed by atoms with van der Waals surface area (Å²) >= 11 is 14.3. The van der Waals surface area contributed by atoms with Crippen molar-refractivity contribution in [3.63, 3.8) is 0 Å². The van der Waals surface area contributed by atoms with E-state index >= 15 is 0 Å². The molecule has 0 saturated carbocycles. The third-order valence-corrected chi connectivity index (χ3v) is 5.21. The smallest absolute Gasteiger partial charge is 0.0838 e. The number of rotatable bonds is 3. The van der Waals surface area contributed by atoms with Gasteiger partial charge < -0.3 is 5.11 Å². The van der Waals surface area contributed by atoms with Crippen LogP contribution in [0.25, 0.3) is 0 Å². The van der Waals surface area contributed by atoms with Crippen molar-refractivity contribution in [2.24, 2.45) is 0 Å². The zero-order valence-corrected chi connectivity index (χ0v) is 13.4. The molecule has 0 aliphatic carbocycles. The first-order valence-corrected chi connectivity index (χ1v) is 7.71. The molecule has 1 aromatic heterocycles. The fourth-order valence-electron chi connectivity index (χ4n) is 1.49. The highest BCUT2D eigenvalue weighted by atomic mass is 79.9. The molecule has 0 amide bonds. The van der Waals surface area contributed by atoms with Crippen LogP contribution in [0.15, 0.2) is 38.6 Å². The van der Waals surface area contributed by atoms with Crippen LogP contribution < -0.4 is 0 Å². The molecule has 1 atom stereocenters. The lowest BCUT2D eigenvalue weighted by Crippen LogP contribution is -2.00. The highest BCUT2D eigenvalue weighted by Gasteiger charge is 2.11. The first-order valence-electron chi connectivity index (χ1n) is 4.93. The number of thiophene rings is 1. The quantitative estimate of drug-likeness (QED) is 0.756. The number of hydrogen-bond donors (Lipinski definition) is 1. The van der Waals surface area contributed by atoms with Gasteiger partial charge in [0.15, 0.2) is 0 Å². The average molecular weight is 397 g/mol. The van der Waals surface area contributed by atoms with E-state index in [0.29, 0.717) is 11.4 Å². The molecule has 1 nitrogen and oxygen atoms in total. The van der Waals surface area contributed by atoms with E-state index < -0.39 is 6.10 Å². The Morgan fingerprint density at radius 1 is 1.24 bits per heavy atom. The molecule has 1 aromatic carbocycles. The van der Waals surface area contributed by atoms with Crippen molar-refractivity contribution in [2.75, 3.05) is 0 Å². The lowest BCUT2D eigenvalue weighted by atomic mass is 10.1. The van der Waals surface area contributed by atoms with E-state index in [0.717, 1.165) is 18.7 Å². The van der Waals surface area contributed by atoms with E-state index in [1.165, 1.54) is 0 Å². The molecule has 2 rings (SSSR count). The zero-order chi connectivity index (χ0) is 12.4. The van der Waals surface area contributed by atoms with Crippen molar-refractivity contribution >= 4 is 54.8 Å². The van der Waals surface area contributed by atoms with Crippen molar-refractivity contribution in [3.8, 4) is 0 Å². The Hall–Kier alpha value is 0.130. The summed E-state index contributed by atoms with van der Waals surface area (Å²) in [5.41, 5.74) is 0.866. The van der Waals surface area contributed by atoms with E-state index in [-0.39, 0.29) is 0 Å². The molecule has 0 bridgehead atoms. The number of aliphatic hydroxyl groups is 1. The van der Waals surface area contributed by atoms with Gasteiger partial charge in [-0.3, -0.25) is 0 Å². The molecular weight excluding hydrogens is 387 g/mol. The summed E-state index contributed by atoms with van der Waals surface area (Å²) in [6.45, 7) is 0. The van der Waals surface area contributed by atoms with E-state index in [4.69, 9.17) is 11.6 Å². The van der Waals surface area contributed by atoms with Crippen LogP contribution in [0.4, 0.5) is 0 Å². The van der Waals surface area contributed by atoms with Crippen LogP contribution in [-0.2, 0) is 6.42 Å².